The van der Waals surface area contributed by atoms with Crippen molar-refractivity contribution in [3.8, 4) is 11.4 Å². The normalized spacial score (nSPS) is 16.4. The third-order valence-electron chi connectivity index (χ3n) is 7.99. The van der Waals surface area contributed by atoms with Crippen molar-refractivity contribution in [3.63, 3.8) is 0 Å². The summed E-state index contributed by atoms with van der Waals surface area (Å²) in [7, 11) is 2.97. The third kappa shape index (κ3) is 5.34. The Morgan fingerprint density at radius 3 is 2.83 bits per heavy atom. The van der Waals surface area contributed by atoms with Crippen molar-refractivity contribution in [1.82, 2.24) is 35.0 Å². The van der Waals surface area contributed by atoms with E-state index in [4.69, 9.17) is 9.47 Å². The van der Waals surface area contributed by atoms with Gasteiger partial charge in [-0.05, 0) is 61.6 Å². The van der Waals surface area contributed by atoms with E-state index >= 15 is 4.39 Å². The van der Waals surface area contributed by atoms with Crippen LogP contribution in [0.25, 0.3) is 5.69 Å². The number of aromatic nitrogens is 5. The van der Waals surface area contributed by atoms with E-state index in [-0.39, 0.29) is 30.4 Å². The van der Waals surface area contributed by atoms with Gasteiger partial charge in [-0.2, -0.15) is 5.10 Å². The van der Waals surface area contributed by atoms with Crippen LogP contribution in [0.15, 0.2) is 42.7 Å². The molecule has 10 nitrogen and oxygen atoms in total. The second kappa shape index (κ2) is 11.4. The minimum Gasteiger partial charge on any atom is -0.494 e. The molecule has 2 aliphatic rings. The fourth-order valence-corrected chi connectivity index (χ4v) is 6.01. The molecule has 1 saturated heterocycles. The molecule has 0 aliphatic carbocycles. The molecule has 2 aliphatic heterocycles. The van der Waals surface area contributed by atoms with E-state index in [0.29, 0.717) is 35.2 Å². The van der Waals surface area contributed by atoms with Gasteiger partial charge in [-0.25, -0.2) is 9.07 Å². The summed E-state index contributed by atoms with van der Waals surface area (Å²) in [6.45, 7) is 4.72. The molecule has 0 bridgehead atoms. The molecule has 1 amide bonds. The van der Waals surface area contributed by atoms with Gasteiger partial charge in [0.2, 0.25) is 0 Å². The van der Waals surface area contributed by atoms with Crippen LogP contribution in [0, 0.1) is 12.7 Å². The predicted octanol–water partition coefficient (Wildman–Crippen LogP) is 3.74. The fraction of sp³-hybridized carbons (Fsp3) is 0.400. The summed E-state index contributed by atoms with van der Waals surface area (Å²) in [4.78, 5) is 16.0. The summed E-state index contributed by atoms with van der Waals surface area (Å²) in [5.74, 6) is -0.869. The SMILES string of the molecule is COCc1nn(Cc2ccc3c(c2)C2CCCN2CC3)cc1C(=O)NCc1c(-n2cc(C)nn2)ccc(OC)c1F. The van der Waals surface area contributed by atoms with E-state index in [9.17, 15) is 4.79 Å². The lowest BCUT2D eigenvalue weighted by Gasteiger charge is -2.32. The van der Waals surface area contributed by atoms with E-state index in [1.807, 2.05) is 0 Å². The first-order valence-electron chi connectivity index (χ1n) is 13.9. The van der Waals surface area contributed by atoms with Crippen molar-refractivity contribution in [3.05, 3.63) is 87.7 Å². The van der Waals surface area contributed by atoms with Crippen molar-refractivity contribution in [1.29, 1.82) is 0 Å². The molecule has 1 fully saturated rings. The van der Waals surface area contributed by atoms with Crippen LogP contribution in [-0.4, -0.2) is 62.9 Å². The Balaban J connectivity index is 1.23. The molecule has 4 heterocycles. The maximum absolute atomic E-state index is 15.3. The number of amides is 1. The zero-order valence-electron chi connectivity index (χ0n) is 23.6. The Kier molecular flexibility index (Phi) is 7.55. The number of methoxy groups -OCH3 is 2. The quantitative estimate of drug-likeness (QED) is 0.334. The van der Waals surface area contributed by atoms with Crippen molar-refractivity contribution in [2.75, 3.05) is 27.3 Å². The lowest BCUT2D eigenvalue weighted by Crippen LogP contribution is -2.31. The summed E-state index contributed by atoms with van der Waals surface area (Å²) >= 11 is 0. The smallest absolute Gasteiger partial charge is 0.255 e. The van der Waals surface area contributed by atoms with Crippen molar-refractivity contribution in [2.24, 2.45) is 0 Å². The molecule has 1 N–H and O–H groups in total. The molecule has 11 heteroatoms. The summed E-state index contributed by atoms with van der Waals surface area (Å²) in [6, 6.07) is 10.4. The number of hydrogen-bond acceptors (Lipinski definition) is 7. The average molecular weight is 560 g/mol. The third-order valence-corrected chi connectivity index (χ3v) is 7.99. The zero-order valence-corrected chi connectivity index (χ0v) is 23.6. The Labute approximate surface area is 238 Å². The highest BCUT2D eigenvalue weighted by Gasteiger charge is 2.31. The molecule has 6 rings (SSSR count). The van der Waals surface area contributed by atoms with Gasteiger partial charge in [0.05, 0.1) is 43.4 Å². The predicted molar refractivity (Wildman–Crippen MR) is 150 cm³/mol. The minimum atomic E-state index is -0.570. The van der Waals surface area contributed by atoms with E-state index in [1.54, 1.807) is 37.2 Å². The number of hydrogen-bond donors (Lipinski definition) is 1. The van der Waals surface area contributed by atoms with Crippen LogP contribution in [0.1, 0.15) is 62.9 Å². The molecule has 0 spiro atoms. The maximum atomic E-state index is 15.3. The standard InChI is InChI=1S/C30H34FN7O3/c1-19-15-38(35-33-19)27-8-9-28(41-3)29(31)23(27)14-32-30(39)24-17-37(34-25(24)18-40-2)16-20-6-7-21-10-12-36-11-4-5-26(36)22(21)13-20/h6-9,13,15,17,26H,4-5,10-12,14,16,18H2,1-3H3,(H,32,39). The first-order valence-corrected chi connectivity index (χ1v) is 13.9. The molecule has 1 atom stereocenters. The minimum absolute atomic E-state index is 0.0773. The molecule has 0 saturated carbocycles. The second-order valence-electron chi connectivity index (χ2n) is 10.7. The van der Waals surface area contributed by atoms with Gasteiger partial charge in [0.25, 0.3) is 5.91 Å². The number of nitrogens with zero attached hydrogens (tertiary/aromatic N) is 6. The van der Waals surface area contributed by atoms with Gasteiger partial charge in [-0.15, -0.1) is 5.10 Å². The van der Waals surface area contributed by atoms with Crippen LogP contribution in [0.2, 0.25) is 0 Å². The van der Waals surface area contributed by atoms with E-state index < -0.39 is 5.82 Å². The van der Waals surface area contributed by atoms with Crippen molar-refractivity contribution < 1.29 is 18.7 Å². The van der Waals surface area contributed by atoms with E-state index in [2.05, 4.69) is 43.8 Å². The monoisotopic (exact) mass is 559 g/mol. The number of aryl methyl sites for hydroxylation is 1. The lowest BCUT2D eigenvalue weighted by atomic mass is 9.91. The van der Waals surface area contributed by atoms with Crippen LogP contribution in [0.3, 0.4) is 0 Å². The highest BCUT2D eigenvalue weighted by atomic mass is 19.1. The van der Waals surface area contributed by atoms with Gasteiger partial charge in [0.15, 0.2) is 11.6 Å². The van der Waals surface area contributed by atoms with Gasteiger partial charge in [0, 0.05) is 38.0 Å². The van der Waals surface area contributed by atoms with Crippen LogP contribution in [-0.2, 0) is 30.9 Å². The average Bonchev–Trinajstić information content (AvgIpc) is 3.72. The van der Waals surface area contributed by atoms with E-state index in [0.717, 1.165) is 18.5 Å². The first kappa shape index (κ1) is 27.1. The van der Waals surface area contributed by atoms with Gasteiger partial charge >= 0.3 is 0 Å². The van der Waals surface area contributed by atoms with Gasteiger partial charge in [0.1, 0.15) is 5.69 Å². The molecular weight excluding hydrogens is 525 g/mol. The summed E-state index contributed by atoms with van der Waals surface area (Å²) in [5, 5.41) is 15.6. The molecule has 4 aromatic rings. The van der Waals surface area contributed by atoms with Crippen LogP contribution >= 0.6 is 0 Å². The molecular formula is C30H34FN7O3. The van der Waals surface area contributed by atoms with Gasteiger partial charge in [-0.3, -0.25) is 14.4 Å². The maximum Gasteiger partial charge on any atom is 0.255 e. The molecule has 2 aromatic carbocycles. The Bertz CT molecular complexity index is 1580. The Morgan fingerprint density at radius 2 is 2.05 bits per heavy atom. The van der Waals surface area contributed by atoms with Crippen molar-refractivity contribution in [2.45, 2.75) is 51.9 Å². The highest BCUT2D eigenvalue weighted by molar-refractivity contribution is 5.95. The second-order valence-corrected chi connectivity index (χ2v) is 10.7. The number of ether oxygens (including phenoxy) is 2. The number of nitrogens with one attached hydrogen (secondary N) is 1. The number of halogens is 1. The fourth-order valence-electron chi connectivity index (χ4n) is 6.01. The summed E-state index contributed by atoms with van der Waals surface area (Å²) in [5.41, 5.74) is 6.28. The molecule has 2 aromatic heterocycles. The number of rotatable bonds is 9. The van der Waals surface area contributed by atoms with Crippen LogP contribution in [0.5, 0.6) is 5.75 Å². The molecule has 1 unspecified atom stereocenters. The van der Waals surface area contributed by atoms with Crippen molar-refractivity contribution >= 4 is 5.91 Å². The number of benzene rings is 2. The molecule has 41 heavy (non-hydrogen) atoms. The van der Waals surface area contributed by atoms with Crippen LogP contribution in [0.4, 0.5) is 4.39 Å². The van der Waals surface area contributed by atoms with Gasteiger partial charge in [-0.1, -0.05) is 23.4 Å². The Hall–Kier alpha value is -4.09. The number of fused-ring (bicyclic) bond motifs is 3. The summed E-state index contributed by atoms with van der Waals surface area (Å²) < 4.78 is 29.1. The first-order chi connectivity index (χ1) is 19.9. The van der Waals surface area contributed by atoms with Gasteiger partial charge < -0.3 is 14.8 Å². The van der Waals surface area contributed by atoms with Crippen LogP contribution < -0.4 is 10.1 Å². The zero-order chi connectivity index (χ0) is 28.5. The summed E-state index contributed by atoms with van der Waals surface area (Å²) in [6.07, 6.45) is 6.95. The largest absolute Gasteiger partial charge is 0.494 e. The molecule has 0 radical (unpaired) electrons. The number of carbonyl (C=O) groups excluding carboxylic acids is 1. The highest BCUT2D eigenvalue weighted by Crippen LogP contribution is 2.38. The van der Waals surface area contributed by atoms with E-state index in [1.165, 1.54) is 48.4 Å². The number of carbonyl (C=O) groups is 1. The topological polar surface area (TPSA) is 99.3 Å². The lowest BCUT2D eigenvalue weighted by molar-refractivity contribution is 0.0945. The molecule has 214 valence electrons. The Morgan fingerprint density at radius 1 is 1.17 bits per heavy atom.